The van der Waals surface area contributed by atoms with E-state index >= 15 is 0 Å². The predicted octanol–water partition coefficient (Wildman–Crippen LogP) is 0.970. The van der Waals surface area contributed by atoms with Crippen molar-refractivity contribution in [2.45, 2.75) is 34.1 Å². The van der Waals surface area contributed by atoms with Crippen LogP contribution in [0.5, 0.6) is 0 Å². The van der Waals surface area contributed by atoms with Gasteiger partial charge in [0.25, 0.3) is 0 Å². The molecule has 2 amide bonds. The molecule has 0 heterocycles. The number of nitrogens with one attached hydrogen (secondary N) is 1. The molecule has 0 unspecified atom stereocenters. The van der Waals surface area contributed by atoms with Crippen LogP contribution < -0.4 is 11.1 Å². The molecule has 0 aromatic rings. The van der Waals surface area contributed by atoms with E-state index in [1.54, 1.807) is 0 Å². The number of hydrogen-bond donors (Lipinski definition) is 2. The third-order valence-corrected chi connectivity index (χ3v) is 1.29. The van der Waals surface area contributed by atoms with E-state index in [4.69, 9.17) is 5.73 Å². The lowest BCUT2D eigenvalue weighted by atomic mass is 10.2. The van der Waals surface area contributed by atoms with Crippen molar-refractivity contribution in [3.63, 3.8) is 0 Å². The van der Waals surface area contributed by atoms with Crippen molar-refractivity contribution in [3.8, 4) is 0 Å². The van der Waals surface area contributed by atoms with E-state index in [0.717, 1.165) is 6.42 Å². The molecule has 0 aromatic carbocycles. The quantitative estimate of drug-likeness (QED) is 0.664. The van der Waals surface area contributed by atoms with E-state index in [1.165, 1.54) is 13.0 Å². The van der Waals surface area contributed by atoms with Crippen LogP contribution in [0.3, 0.4) is 0 Å². The number of amides is 2. The van der Waals surface area contributed by atoms with Gasteiger partial charge in [0.05, 0.1) is 0 Å². The molecule has 0 saturated heterocycles. The lowest BCUT2D eigenvalue weighted by Crippen LogP contribution is -2.23. The molecule has 0 aliphatic heterocycles. The van der Waals surface area contributed by atoms with E-state index in [-0.39, 0.29) is 11.5 Å². The molecule has 14 heavy (non-hydrogen) atoms. The first kappa shape index (κ1) is 15.2. The van der Waals surface area contributed by atoms with Crippen molar-refractivity contribution >= 4 is 11.8 Å². The number of carbonyl (C=O) groups is 2. The summed E-state index contributed by atoms with van der Waals surface area (Å²) in [6.45, 7) is 8.07. The van der Waals surface area contributed by atoms with Gasteiger partial charge in [0.1, 0.15) is 0 Å². The van der Waals surface area contributed by atoms with Crippen LogP contribution in [0.25, 0.3) is 0 Å². The second-order valence-electron chi connectivity index (χ2n) is 2.48. The first-order valence-corrected chi connectivity index (χ1v) is 4.83. The highest BCUT2D eigenvalue weighted by Crippen LogP contribution is 1.88. The van der Waals surface area contributed by atoms with Crippen molar-refractivity contribution < 1.29 is 9.59 Å². The molecule has 0 aliphatic carbocycles. The van der Waals surface area contributed by atoms with Gasteiger partial charge >= 0.3 is 0 Å². The van der Waals surface area contributed by atoms with Crippen molar-refractivity contribution in [3.05, 3.63) is 11.6 Å². The van der Waals surface area contributed by atoms with Gasteiger partial charge in [-0.1, -0.05) is 20.8 Å². The fourth-order valence-corrected chi connectivity index (χ4v) is 0.567. The maximum absolute atomic E-state index is 10.9. The zero-order chi connectivity index (χ0) is 11.6. The van der Waals surface area contributed by atoms with E-state index in [0.29, 0.717) is 6.54 Å². The van der Waals surface area contributed by atoms with Crippen LogP contribution in [0.2, 0.25) is 0 Å². The third kappa shape index (κ3) is 8.77. The minimum Gasteiger partial charge on any atom is -0.366 e. The van der Waals surface area contributed by atoms with E-state index in [2.05, 4.69) is 5.32 Å². The van der Waals surface area contributed by atoms with Crippen molar-refractivity contribution in [2.75, 3.05) is 6.54 Å². The number of primary amides is 1. The fourth-order valence-electron chi connectivity index (χ4n) is 0.567. The number of nitrogens with two attached hydrogens (primary N) is 1. The molecular formula is C10H20N2O2. The van der Waals surface area contributed by atoms with Gasteiger partial charge in [-0.15, -0.1) is 0 Å². The van der Waals surface area contributed by atoms with Crippen LogP contribution in [-0.4, -0.2) is 18.4 Å². The zero-order valence-corrected chi connectivity index (χ0v) is 9.39. The molecule has 0 fully saturated rings. The minimum atomic E-state index is -0.568. The summed E-state index contributed by atoms with van der Waals surface area (Å²) in [7, 11) is 0. The van der Waals surface area contributed by atoms with Gasteiger partial charge in [-0.25, -0.2) is 0 Å². The Labute approximate surface area is 85.6 Å². The van der Waals surface area contributed by atoms with Crippen LogP contribution in [-0.2, 0) is 9.59 Å². The Morgan fingerprint density at radius 1 is 1.36 bits per heavy atom. The van der Waals surface area contributed by atoms with Crippen LogP contribution in [0, 0.1) is 0 Å². The summed E-state index contributed by atoms with van der Waals surface area (Å²) in [5, 5.41) is 2.60. The van der Waals surface area contributed by atoms with Gasteiger partial charge in [0.15, 0.2) is 0 Å². The van der Waals surface area contributed by atoms with Gasteiger partial charge in [0, 0.05) is 18.2 Å². The number of hydrogen-bond acceptors (Lipinski definition) is 2. The molecule has 0 spiro atoms. The fraction of sp³-hybridized carbons (Fsp3) is 0.600. The van der Waals surface area contributed by atoms with Crippen LogP contribution in [0.1, 0.15) is 34.1 Å². The molecule has 82 valence electrons. The van der Waals surface area contributed by atoms with E-state index in [1.807, 2.05) is 20.8 Å². The van der Waals surface area contributed by atoms with E-state index in [9.17, 15) is 9.59 Å². The monoisotopic (exact) mass is 200 g/mol. The minimum absolute atomic E-state index is 0.267. The smallest absolute Gasteiger partial charge is 0.244 e. The molecule has 4 heteroatoms. The van der Waals surface area contributed by atoms with Crippen LogP contribution in [0.4, 0.5) is 0 Å². The Hall–Kier alpha value is -1.32. The zero-order valence-electron chi connectivity index (χ0n) is 9.39. The summed E-state index contributed by atoms with van der Waals surface area (Å²) in [4.78, 5) is 21.4. The summed E-state index contributed by atoms with van der Waals surface area (Å²) >= 11 is 0. The SMILES string of the molecule is CC.CCCNC(=O)/C=C(/C)C(N)=O. The lowest BCUT2D eigenvalue weighted by Gasteiger charge is -1.98. The molecule has 0 radical (unpaired) electrons. The summed E-state index contributed by atoms with van der Waals surface area (Å²) in [5.74, 6) is -0.838. The Morgan fingerprint density at radius 2 is 1.86 bits per heavy atom. The van der Waals surface area contributed by atoms with Gasteiger partial charge in [-0.3, -0.25) is 9.59 Å². The molecule has 0 saturated carbocycles. The maximum Gasteiger partial charge on any atom is 0.244 e. The summed E-state index contributed by atoms with van der Waals surface area (Å²) in [6.07, 6.45) is 2.08. The molecule has 4 nitrogen and oxygen atoms in total. The highest BCUT2D eigenvalue weighted by atomic mass is 16.2. The number of carbonyl (C=O) groups excluding carboxylic acids is 2. The first-order chi connectivity index (χ1) is 6.57. The molecule has 0 atom stereocenters. The van der Waals surface area contributed by atoms with Crippen LogP contribution in [0.15, 0.2) is 11.6 Å². The Morgan fingerprint density at radius 3 is 2.21 bits per heavy atom. The Kier molecular flexibility index (Phi) is 10.6. The topological polar surface area (TPSA) is 72.2 Å². The lowest BCUT2D eigenvalue weighted by molar-refractivity contribution is -0.118. The standard InChI is InChI=1S/C8H14N2O2.C2H6/c1-3-4-10-7(11)5-6(2)8(9)12;1-2/h5H,3-4H2,1-2H3,(H2,9,12)(H,10,11);1-2H3/b6-5-;. The van der Waals surface area contributed by atoms with Gasteiger partial charge in [0.2, 0.25) is 11.8 Å². The van der Waals surface area contributed by atoms with Gasteiger partial charge in [-0.2, -0.15) is 0 Å². The average molecular weight is 200 g/mol. The largest absolute Gasteiger partial charge is 0.366 e. The first-order valence-electron chi connectivity index (χ1n) is 4.83. The van der Waals surface area contributed by atoms with Gasteiger partial charge < -0.3 is 11.1 Å². The molecule has 3 N–H and O–H groups in total. The molecule has 0 bridgehead atoms. The predicted molar refractivity (Wildman–Crippen MR) is 57.6 cm³/mol. The highest BCUT2D eigenvalue weighted by molar-refractivity contribution is 5.99. The Bertz CT molecular complexity index is 210. The second kappa shape index (κ2) is 9.77. The van der Waals surface area contributed by atoms with Gasteiger partial charge in [-0.05, 0) is 13.3 Å². The van der Waals surface area contributed by atoms with Crippen molar-refractivity contribution in [1.29, 1.82) is 0 Å². The number of rotatable bonds is 4. The van der Waals surface area contributed by atoms with Crippen molar-refractivity contribution in [1.82, 2.24) is 5.32 Å². The summed E-state index contributed by atoms with van der Waals surface area (Å²) < 4.78 is 0. The molecule has 0 aromatic heterocycles. The summed E-state index contributed by atoms with van der Waals surface area (Å²) in [6, 6.07) is 0. The molecule has 0 rings (SSSR count). The Balaban J connectivity index is 0. The van der Waals surface area contributed by atoms with Crippen LogP contribution >= 0.6 is 0 Å². The molecule has 0 aliphatic rings. The normalized spacial score (nSPS) is 9.86. The van der Waals surface area contributed by atoms with E-state index < -0.39 is 5.91 Å². The molecular weight excluding hydrogens is 180 g/mol. The third-order valence-electron chi connectivity index (χ3n) is 1.29. The average Bonchev–Trinajstić information content (AvgIpc) is 2.17. The second-order valence-corrected chi connectivity index (χ2v) is 2.48. The van der Waals surface area contributed by atoms with Crippen molar-refractivity contribution in [2.24, 2.45) is 5.73 Å². The summed E-state index contributed by atoms with van der Waals surface area (Å²) in [5.41, 5.74) is 5.19. The maximum atomic E-state index is 10.9. The highest BCUT2D eigenvalue weighted by Gasteiger charge is 2.00.